The quantitative estimate of drug-likeness (QED) is 0.753. The van der Waals surface area contributed by atoms with Gasteiger partial charge in [0.05, 0.1) is 0 Å². The second kappa shape index (κ2) is 4.99. The lowest BCUT2D eigenvalue weighted by molar-refractivity contribution is 0.402. The highest BCUT2D eigenvalue weighted by atomic mass is 35.5. The monoisotopic (exact) mass is 254 g/mol. The molecule has 15 heavy (non-hydrogen) atoms. The van der Waals surface area contributed by atoms with E-state index in [0.29, 0.717) is 25.4 Å². The Morgan fingerprint density at radius 2 is 1.87 bits per heavy atom. The van der Waals surface area contributed by atoms with Crippen molar-refractivity contribution in [3.05, 3.63) is 0 Å². The maximum Gasteiger partial charge on any atom is 0.279 e. The second-order valence-corrected chi connectivity index (χ2v) is 6.58. The summed E-state index contributed by atoms with van der Waals surface area (Å²) in [6, 6.07) is 0. The minimum atomic E-state index is -3.32. The van der Waals surface area contributed by atoms with Crippen LogP contribution in [0.1, 0.15) is 33.1 Å². The fourth-order valence-electron chi connectivity index (χ4n) is 1.63. The molecule has 1 saturated heterocycles. The van der Waals surface area contributed by atoms with Crippen LogP contribution >= 0.6 is 11.6 Å². The molecular weight excluding hydrogens is 236 g/mol. The van der Waals surface area contributed by atoms with E-state index < -0.39 is 15.7 Å². The molecule has 4 nitrogen and oxygen atoms in total. The van der Waals surface area contributed by atoms with E-state index >= 15 is 0 Å². The van der Waals surface area contributed by atoms with Crippen molar-refractivity contribution < 1.29 is 8.42 Å². The Morgan fingerprint density at radius 1 is 1.33 bits per heavy atom. The Labute approximate surface area is 97.2 Å². The van der Waals surface area contributed by atoms with E-state index in [4.69, 9.17) is 11.6 Å². The van der Waals surface area contributed by atoms with Gasteiger partial charge in [-0.15, -0.1) is 11.6 Å². The summed E-state index contributed by atoms with van der Waals surface area (Å²) in [5.74, 6) is 0.454. The summed E-state index contributed by atoms with van der Waals surface area (Å²) in [5.41, 5.74) is -0.469. The summed E-state index contributed by atoms with van der Waals surface area (Å²) in [7, 11) is -3.32. The number of rotatable bonds is 5. The van der Waals surface area contributed by atoms with Gasteiger partial charge in [-0.2, -0.15) is 17.4 Å². The SMILES string of the molecule is CC(C)(CCCl)NS(=O)(=O)N1CCCC1. The first-order valence-electron chi connectivity index (χ1n) is 5.22. The van der Waals surface area contributed by atoms with Gasteiger partial charge in [0, 0.05) is 24.5 Å². The highest BCUT2D eigenvalue weighted by Gasteiger charge is 2.30. The average molecular weight is 255 g/mol. The van der Waals surface area contributed by atoms with Crippen LogP contribution < -0.4 is 4.72 Å². The van der Waals surface area contributed by atoms with Crippen molar-refractivity contribution in [3.63, 3.8) is 0 Å². The van der Waals surface area contributed by atoms with Crippen molar-refractivity contribution >= 4 is 21.8 Å². The normalized spacial score (nSPS) is 19.7. The van der Waals surface area contributed by atoms with E-state index in [9.17, 15) is 8.42 Å². The summed E-state index contributed by atoms with van der Waals surface area (Å²) in [5, 5.41) is 0. The molecule has 6 heteroatoms. The molecule has 0 aromatic heterocycles. The molecule has 0 spiro atoms. The fourth-order valence-corrected chi connectivity index (χ4v) is 3.77. The molecule has 1 heterocycles. The molecule has 0 aliphatic carbocycles. The highest BCUT2D eigenvalue weighted by Crippen LogP contribution is 2.16. The Morgan fingerprint density at radius 3 is 2.33 bits per heavy atom. The first-order valence-corrected chi connectivity index (χ1v) is 7.20. The summed E-state index contributed by atoms with van der Waals surface area (Å²) < 4.78 is 28.0. The van der Waals surface area contributed by atoms with Crippen LogP contribution in [-0.4, -0.2) is 37.2 Å². The van der Waals surface area contributed by atoms with E-state index in [1.54, 1.807) is 0 Å². The van der Waals surface area contributed by atoms with Crippen molar-refractivity contribution in [2.75, 3.05) is 19.0 Å². The average Bonchev–Trinajstić information content (AvgIpc) is 2.52. The van der Waals surface area contributed by atoms with Crippen LogP contribution in [0.3, 0.4) is 0 Å². The third kappa shape index (κ3) is 3.90. The molecule has 1 aliphatic rings. The molecular formula is C9H19ClN2O2S. The van der Waals surface area contributed by atoms with Gasteiger partial charge >= 0.3 is 0 Å². The number of hydrogen-bond acceptors (Lipinski definition) is 2. The second-order valence-electron chi connectivity index (χ2n) is 4.54. The Hall–Kier alpha value is 0.160. The zero-order valence-electron chi connectivity index (χ0n) is 9.29. The molecule has 1 fully saturated rings. The maximum atomic E-state index is 11.9. The molecule has 0 aromatic rings. The van der Waals surface area contributed by atoms with Crippen molar-refractivity contribution in [1.29, 1.82) is 0 Å². The molecule has 0 saturated carbocycles. The zero-order valence-corrected chi connectivity index (χ0v) is 10.9. The third-order valence-electron chi connectivity index (χ3n) is 2.53. The molecule has 1 aliphatic heterocycles. The molecule has 0 aromatic carbocycles. The van der Waals surface area contributed by atoms with Gasteiger partial charge in [0.2, 0.25) is 0 Å². The third-order valence-corrected chi connectivity index (χ3v) is 4.57. The lowest BCUT2D eigenvalue weighted by Crippen LogP contribution is -2.49. The number of nitrogens with zero attached hydrogens (tertiary/aromatic N) is 1. The van der Waals surface area contributed by atoms with E-state index in [2.05, 4.69) is 4.72 Å². The van der Waals surface area contributed by atoms with Crippen molar-refractivity contribution in [2.24, 2.45) is 0 Å². The van der Waals surface area contributed by atoms with Crippen LogP contribution in [0.2, 0.25) is 0 Å². The lowest BCUT2D eigenvalue weighted by Gasteiger charge is -2.28. The van der Waals surface area contributed by atoms with E-state index in [1.807, 2.05) is 13.8 Å². The predicted octanol–water partition coefficient (Wildman–Crippen LogP) is 1.32. The Bertz CT molecular complexity index is 297. The van der Waals surface area contributed by atoms with Gasteiger partial charge in [-0.05, 0) is 33.1 Å². The molecule has 0 bridgehead atoms. The summed E-state index contributed by atoms with van der Waals surface area (Å²) in [4.78, 5) is 0. The maximum absolute atomic E-state index is 11.9. The number of alkyl halides is 1. The Kier molecular flexibility index (Phi) is 4.40. The van der Waals surface area contributed by atoms with E-state index in [-0.39, 0.29) is 0 Å². The smallest absolute Gasteiger partial charge is 0.196 e. The molecule has 1 N–H and O–H groups in total. The minimum absolute atomic E-state index is 0.454. The zero-order chi connectivity index (χ0) is 11.5. The van der Waals surface area contributed by atoms with Crippen molar-refractivity contribution in [1.82, 2.24) is 9.03 Å². The predicted molar refractivity (Wildman–Crippen MR) is 62.3 cm³/mol. The van der Waals surface area contributed by atoms with Crippen LogP contribution in [-0.2, 0) is 10.2 Å². The standard InChI is InChI=1S/C9H19ClN2O2S/c1-9(2,5-6-10)11-15(13,14)12-7-3-4-8-12/h11H,3-8H2,1-2H3. The number of hydrogen-bond donors (Lipinski definition) is 1. The van der Waals surface area contributed by atoms with Gasteiger partial charge in [-0.25, -0.2) is 0 Å². The minimum Gasteiger partial charge on any atom is -0.196 e. The summed E-state index contributed by atoms with van der Waals surface area (Å²) in [6.45, 7) is 4.96. The van der Waals surface area contributed by atoms with Gasteiger partial charge in [0.15, 0.2) is 0 Å². The van der Waals surface area contributed by atoms with Crippen LogP contribution in [0.4, 0.5) is 0 Å². The first-order chi connectivity index (χ1) is 6.87. The van der Waals surface area contributed by atoms with Crippen LogP contribution in [0, 0.1) is 0 Å². The van der Waals surface area contributed by atoms with Crippen LogP contribution in [0.25, 0.3) is 0 Å². The molecule has 1 rings (SSSR count). The fraction of sp³-hybridized carbons (Fsp3) is 1.00. The summed E-state index contributed by atoms with van der Waals surface area (Å²) >= 11 is 5.63. The highest BCUT2D eigenvalue weighted by molar-refractivity contribution is 7.87. The van der Waals surface area contributed by atoms with Crippen LogP contribution in [0.15, 0.2) is 0 Å². The van der Waals surface area contributed by atoms with Gasteiger partial charge in [-0.3, -0.25) is 0 Å². The van der Waals surface area contributed by atoms with Gasteiger partial charge < -0.3 is 0 Å². The molecule has 0 amide bonds. The molecule has 0 atom stereocenters. The van der Waals surface area contributed by atoms with Gasteiger partial charge in [0.1, 0.15) is 0 Å². The van der Waals surface area contributed by atoms with Gasteiger partial charge in [-0.1, -0.05) is 0 Å². The van der Waals surface area contributed by atoms with E-state index in [1.165, 1.54) is 4.31 Å². The van der Waals surface area contributed by atoms with Crippen molar-refractivity contribution in [3.8, 4) is 0 Å². The first kappa shape index (κ1) is 13.2. The Balaban J connectivity index is 2.62. The molecule has 0 unspecified atom stereocenters. The lowest BCUT2D eigenvalue weighted by atomic mass is 10.0. The van der Waals surface area contributed by atoms with Gasteiger partial charge in [0.25, 0.3) is 10.2 Å². The number of nitrogens with one attached hydrogen (secondary N) is 1. The van der Waals surface area contributed by atoms with E-state index in [0.717, 1.165) is 12.8 Å². The topological polar surface area (TPSA) is 49.4 Å². The molecule has 90 valence electrons. The largest absolute Gasteiger partial charge is 0.279 e. The van der Waals surface area contributed by atoms with Crippen molar-refractivity contribution in [2.45, 2.75) is 38.6 Å². The number of halogens is 1. The van der Waals surface area contributed by atoms with Crippen LogP contribution in [0.5, 0.6) is 0 Å². The molecule has 0 radical (unpaired) electrons. The summed E-state index contributed by atoms with van der Waals surface area (Å²) in [6.07, 6.45) is 2.54.